The molecule has 0 saturated heterocycles. The van der Waals surface area contributed by atoms with Gasteiger partial charge in [0.1, 0.15) is 6.07 Å². The molecule has 154 valence electrons. The Morgan fingerprint density at radius 2 is 2.06 bits per heavy atom. The fraction of sp³-hybridized carbons (Fsp3) is 0.0769. The average Bonchev–Trinajstić information content (AvgIpc) is 3.46. The third-order valence-electron chi connectivity index (χ3n) is 5.32. The van der Waals surface area contributed by atoms with Gasteiger partial charge in [0.25, 0.3) is 0 Å². The number of nitriles is 1. The van der Waals surface area contributed by atoms with Gasteiger partial charge < -0.3 is 15.6 Å². The molecule has 3 heterocycles. The maximum absolute atomic E-state index is 9.77. The molecule has 0 fully saturated rings. The third kappa shape index (κ3) is 3.70. The largest absolute Gasteiger partial charge is 0.361 e. The second-order valence-electron chi connectivity index (χ2n) is 7.38. The summed E-state index contributed by atoms with van der Waals surface area (Å²) in [5.41, 5.74) is 5.33. The first-order valence-electron chi connectivity index (χ1n) is 10.1. The molecular formula is C26H19N5S. The molecule has 5 rings (SSSR count). The number of thiophene rings is 1. The lowest BCUT2D eigenvalue weighted by Crippen LogP contribution is -2.12. The molecule has 0 radical (unpaired) electrons. The standard InChI is InChI=1S/C26H19N5S/c1-2-9-28-14-17-6-7-24-18(11-17)12-25(32-24)21-16-29-15-19(13-27)26(21)31-23-5-3-4-22-20(23)8-10-30-22/h1,3-8,10-12,15-16,28,30H,9,14H2,(H,29,31). The van der Waals surface area contributed by atoms with E-state index in [4.69, 9.17) is 6.42 Å². The molecule has 3 aromatic heterocycles. The number of nitrogens with one attached hydrogen (secondary N) is 3. The molecule has 0 spiro atoms. The van der Waals surface area contributed by atoms with Crippen LogP contribution in [0.5, 0.6) is 0 Å². The Labute approximate surface area is 189 Å². The normalized spacial score (nSPS) is 10.8. The summed E-state index contributed by atoms with van der Waals surface area (Å²) in [6.07, 6.45) is 10.7. The predicted octanol–water partition coefficient (Wildman–Crippen LogP) is 5.78. The van der Waals surface area contributed by atoms with E-state index in [0.29, 0.717) is 12.1 Å². The highest BCUT2D eigenvalue weighted by atomic mass is 32.1. The van der Waals surface area contributed by atoms with Crippen molar-refractivity contribution >= 4 is 43.7 Å². The van der Waals surface area contributed by atoms with Gasteiger partial charge in [-0.05, 0) is 47.3 Å². The van der Waals surface area contributed by atoms with Crippen LogP contribution in [0, 0.1) is 23.7 Å². The zero-order valence-electron chi connectivity index (χ0n) is 17.1. The highest BCUT2D eigenvalue weighted by Crippen LogP contribution is 2.40. The van der Waals surface area contributed by atoms with Crippen molar-refractivity contribution in [1.82, 2.24) is 15.3 Å². The van der Waals surface area contributed by atoms with Gasteiger partial charge >= 0.3 is 0 Å². The second-order valence-corrected chi connectivity index (χ2v) is 8.47. The van der Waals surface area contributed by atoms with Crippen LogP contribution >= 0.6 is 11.3 Å². The highest BCUT2D eigenvalue weighted by Gasteiger charge is 2.15. The Bertz CT molecular complexity index is 1510. The Balaban J connectivity index is 1.57. The molecule has 0 atom stereocenters. The fourth-order valence-electron chi connectivity index (χ4n) is 3.81. The Kier molecular flexibility index (Phi) is 5.31. The molecule has 32 heavy (non-hydrogen) atoms. The van der Waals surface area contributed by atoms with Crippen molar-refractivity contribution in [3.05, 3.63) is 78.2 Å². The number of hydrogen-bond donors (Lipinski definition) is 3. The summed E-state index contributed by atoms with van der Waals surface area (Å²) in [5.74, 6) is 2.60. The zero-order valence-corrected chi connectivity index (χ0v) is 18.0. The molecule has 0 bridgehead atoms. The predicted molar refractivity (Wildman–Crippen MR) is 132 cm³/mol. The van der Waals surface area contributed by atoms with Crippen LogP contribution in [-0.4, -0.2) is 16.5 Å². The van der Waals surface area contributed by atoms with Gasteiger partial charge in [0.2, 0.25) is 0 Å². The summed E-state index contributed by atoms with van der Waals surface area (Å²) in [6, 6.07) is 18.9. The molecule has 0 unspecified atom stereocenters. The highest BCUT2D eigenvalue weighted by molar-refractivity contribution is 7.22. The summed E-state index contributed by atoms with van der Waals surface area (Å²) in [6.45, 7) is 1.27. The minimum Gasteiger partial charge on any atom is -0.361 e. The Hall–Kier alpha value is -4.10. The maximum Gasteiger partial charge on any atom is 0.103 e. The molecule has 0 saturated carbocycles. The number of rotatable bonds is 6. The van der Waals surface area contributed by atoms with Crippen LogP contribution in [0.25, 0.3) is 31.4 Å². The summed E-state index contributed by atoms with van der Waals surface area (Å²) in [4.78, 5) is 8.62. The van der Waals surface area contributed by atoms with Gasteiger partial charge in [0.15, 0.2) is 0 Å². The van der Waals surface area contributed by atoms with Crippen LogP contribution < -0.4 is 10.6 Å². The number of H-pyrrole nitrogens is 1. The molecule has 5 aromatic rings. The quantitative estimate of drug-likeness (QED) is 0.234. The van der Waals surface area contributed by atoms with Crippen LogP contribution in [0.15, 0.2) is 67.1 Å². The van der Waals surface area contributed by atoms with E-state index in [9.17, 15) is 5.26 Å². The first-order chi connectivity index (χ1) is 15.8. The zero-order chi connectivity index (χ0) is 21.9. The van der Waals surface area contributed by atoms with Crippen LogP contribution in [0.2, 0.25) is 0 Å². The van der Waals surface area contributed by atoms with Gasteiger partial charge in [0.05, 0.1) is 17.8 Å². The maximum atomic E-state index is 9.77. The van der Waals surface area contributed by atoms with Gasteiger partial charge in [-0.15, -0.1) is 17.8 Å². The smallest absolute Gasteiger partial charge is 0.103 e. The number of benzene rings is 2. The number of pyridine rings is 1. The van der Waals surface area contributed by atoms with Crippen molar-refractivity contribution in [2.45, 2.75) is 6.54 Å². The minimum absolute atomic E-state index is 0.506. The minimum atomic E-state index is 0.506. The number of aromatic amines is 1. The number of fused-ring (bicyclic) bond motifs is 2. The van der Waals surface area contributed by atoms with E-state index in [2.05, 4.69) is 56.9 Å². The van der Waals surface area contributed by atoms with Crippen molar-refractivity contribution in [2.75, 3.05) is 11.9 Å². The monoisotopic (exact) mass is 433 g/mol. The van der Waals surface area contributed by atoms with Crippen molar-refractivity contribution in [2.24, 2.45) is 0 Å². The Morgan fingerprint density at radius 1 is 1.12 bits per heavy atom. The van der Waals surface area contributed by atoms with Crippen molar-refractivity contribution in [3.8, 4) is 28.9 Å². The molecule has 0 aliphatic rings. The van der Waals surface area contributed by atoms with Gasteiger partial charge in [-0.25, -0.2) is 0 Å². The molecule has 0 amide bonds. The number of hydrogen-bond acceptors (Lipinski definition) is 5. The van der Waals surface area contributed by atoms with E-state index in [0.717, 1.165) is 44.6 Å². The first-order valence-corrected chi connectivity index (χ1v) is 11.0. The molecular weight excluding hydrogens is 414 g/mol. The first kappa shape index (κ1) is 19.8. The summed E-state index contributed by atoms with van der Waals surface area (Å²) in [7, 11) is 0. The number of aromatic nitrogens is 2. The SMILES string of the molecule is C#CCNCc1ccc2sc(-c3cncc(C#N)c3Nc3cccc4[nH]ccc34)cc2c1. The van der Waals surface area contributed by atoms with E-state index in [1.54, 1.807) is 17.5 Å². The fourth-order valence-corrected chi connectivity index (χ4v) is 4.87. The lowest BCUT2D eigenvalue weighted by Gasteiger charge is -2.13. The molecule has 0 aliphatic carbocycles. The summed E-state index contributed by atoms with van der Waals surface area (Å²) >= 11 is 1.69. The summed E-state index contributed by atoms with van der Waals surface area (Å²) < 4.78 is 1.18. The second kappa shape index (κ2) is 8.56. The van der Waals surface area contributed by atoms with Gasteiger partial charge in [-0.3, -0.25) is 4.98 Å². The molecule has 5 nitrogen and oxygen atoms in total. The van der Waals surface area contributed by atoms with Crippen LogP contribution in [0.4, 0.5) is 11.4 Å². The van der Waals surface area contributed by atoms with Crippen molar-refractivity contribution in [3.63, 3.8) is 0 Å². The average molecular weight is 434 g/mol. The van der Waals surface area contributed by atoms with E-state index in [1.165, 1.54) is 10.3 Å². The summed E-state index contributed by atoms with van der Waals surface area (Å²) in [5, 5.41) is 18.7. The van der Waals surface area contributed by atoms with Gasteiger partial charge in [0, 0.05) is 56.9 Å². The van der Waals surface area contributed by atoms with E-state index >= 15 is 0 Å². The van der Waals surface area contributed by atoms with Crippen molar-refractivity contribution in [1.29, 1.82) is 5.26 Å². The third-order valence-corrected chi connectivity index (χ3v) is 6.47. The lowest BCUT2D eigenvalue weighted by atomic mass is 10.1. The number of nitrogens with zero attached hydrogens (tertiary/aromatic N) is 2. The number of terminal acetylenes is 1. The molecule has 3 N–H and O–H groups in total. The van der Waals surface area contributed by atoms with Crippen LogP contribution in [0.3, 0.4) is 0 Å². The van der Waals surface area contributed by atoms with Crippen LogP contribution in [-0.2, 0) is 6.54 Å². The molecule has 6 heteroatoms. The molecule has 0 aliphatic heterocycles. The van der Waals surface area contributed by atoms with Crippen molar-refractivity contribution < 1.29 is 0 Å². The topological polar surface area (TPSA) is 76.5 Å². The van der Waals surface area contributed by atoms with E-state index in [-0.39, 0.29) is 0 Å². The van der Waals surface area contributed by atoms with E-state index < -0.39 is 0 Å². The lowest BCUT2D eigenvalue weighted by molar-refractivity contribution is 0.771. The van der Waals surface area contributed by atoms with Crippen LogP contribution in [0.1, 0.15) is 11.1 Å². The number of anilines is 2. The van der Waals surface area contributed by atoms with Gasteiger partial charge in [-0.2, -0.15) is 5.26 Å². The van der Waals surface area contributed by atoms with Gasteiger partial charge in [-0.1, -0.05) is 18.1 Å². The van der Waals surface area contributed by atoms with E-state index in [1.807, 2.05) is 36.7 Å². The molecule has 2 aromatic carbocycles. The Morgan fingerprint density at radius 3 is 2.94 bits per heavy atom.